The summed E-state index contributed by atoms with van der Waals surface area (Å²) >= 11 is 3.31. The van der Waals surface area contributed by atoms with Crippen LogP contribution in [0.15, 0.2) is 29.2 Å². The van der Waals surface area contributed by atoms with E-state index in [-0.39, 0.29) is 10.8 Å². The summed E-state index contributed by atoms with van der Waals surface area (Å²) in [7, 11) is -3.27. The normalized spacial score (nSPS) is 11.2. The van der Waals surface area contributed by atoms with Crippen LogP contribution in [0.1, 0.15) is 23.2 Å². The smallest absolute Gasteiger partial charge is 0.251 e. The van der Waals surface area contributed by atoms with Gasteiger partial charge in [-0.3, -0.25) is 4.79 Å². The van der Waals surface area contributed by atoms with E-state index in [1.54, 1.807) is 12.1 Å². The van der Waals surface area contributed by atoms with Crippen molar-refractivity contribution in [1.82, 2.24) is 5.32 Å². The fourth-order valence-electron chi connectivity index (χ4n) is 1.39. The van der Waals surface area contributed by atoms with Gasteiger partial charge in [0, 0.05) is 23.7 Å². The quantitative estimate of drug-likeness (QED) is 0.639. The molecule has 0 spiro atoms. The number of sulfone groups is 1. The Kier molecular flexibility index (Phi) is 5.81. The van der Waals surface area contributed by atoms with Gasteiger partial charge in [-0.15, -0.1) is 0 Å². The second kappa shape index (κ2) is 6.89. The van der Waals surface area contributed by atoms with Crippen LogP contribution < -0.4 is 5.32 Å². The molecule has 1 aromatic rings. The summed E-state index contributed by atoms with van der Waals surface area (Å²) in [5.41, 5.74) is 0.372. The fourth-order valence-corrected chi connectivity index (χ4v) is 2.45. The molecule has 4 nitrogen and oxygen atoms in total. The highest BCUT2D eigenvalue weighted by molar-refractivity contribution is 9.09. The lowest BCUT2D eigenvalue weighted by atomic mass is 10.2. The van der Waals surface area contributed by atoms with Crippen molar-refractivity contribution in [3.8, 4) is 0 Å². The first-order chi connectivity index (χ1) is 8.45. The Morgan fingerprint density at radius 2 is 2.06 bits per heavy atom. The van der Waals surface area contributed by atoms with E-state index in [1.807, 2.05) is 0 Å². The second-order valence-electron chi connectivity index (χ2n) is 3.95. The van der Waals surface area contributed by atoms with Crippen LogP contribution in [0.2, 0.25) is 0 Å². The molecule has 0 aliphatic carbocycles. The van der Waals surface area contributed by atoms with Gasteiger partial charge in [0.1, 0.15) is 0 Å². The summed E-state index contributed by atoms with van der Waals surface area (Å²) in [6.45, 7) is 0.591. The second-order valence-corrected chi connectivity index (χ2v) is 6.76. The monoisotopic (exact) mass is 333 g/mol. The molecule has 6 heteroatoms. The highest BCUT2D eigenvalue weighted by Crippen LogP contribution is 2.11. The van der Waals surface area contributed by atoms with Gasteiger partial charge < -0.3 is 5.32 Å². The van der Waals surface area contributed by atoms with Crippen molar-refractivity contribution in [1.29, 1.82) is 0 Å². The molecule has 1 rings (SSSR count). The van der Waals surface area contributed by atoms with Crippen LogP contribution in [0.5, 0.6) is 0 Å². The number of amides is 1. The molecule has 0 atom stereocenters. The van der Waals surface area contributed by atoms with Crippen LogP contribution in [0, 0.1) is 0 Å². The van der Waals surface area contributed by atoms with Crippen molar-refractivity contribution in [3.05, 3.63) is 29.8 Å². The lowest BCUT2D eigenvalue weighted by Gasteiger charge is -2.05. The summed E-state index contributed by atoms with van der Waals surface area (Å²) in [5, 5.41) is 3.67. The molecule has 1 amide bonds. The van der Waals surface area contributed by atoms with Gasteiger partial charge in [-0.25, -0.2) is 8.42 Å². The molecular weight excluding hydrogens is 318 g/mol. The van der Waals surface area contributed by atoms with E-state index in [0.717, 1.165) is 24.4 Å². The Morgan fingerprint density at radius 3 is 2.67 bits per heavy atom. The number of nitrogens with one attached hydrogen (secondary N) is 1. The maximum absolute atomic E-state index is 11.8. The summed E-state index contributed by atoms with van der Waals surface area (Å²) in [4.78, 5) is 11.9. The molecule has 0 aromatic heterocycles. The van der Waals surface area contributed by atoms with E-state index in [4.69, 9.17) is 0 Å². The predicted molar refractivity (Wildman–Crippen MR) is 74.9 cm³/mol. The number of alkyl halides is 1. The molecular formula is C12H16BrNO3S. The molecule has 1 aromatic carbocycles. The zero-order valence-corrected chi connectivity index (χ0v) is 12.6. The molecule has 18 heavy (non-hydrogen) atoms. The zero-order chi connectivity index (χ0) is 13.6. The van der Waals surface area contributed by atoms with Gasteiger partial charge in [-0.2, -0.15) is 0 Å². The molecule has 0 heterocycles. The summed E-state index contributed by atoms with van der Waals surface area (Å²) in [6.07, 6.45) is 3.01. The average molecular weight is 334 g/mol. The maximum atomic E-state index is 11.8. The van der Waals surface area contributed by atoms with E-state index in [0.29, 0.717) is 12.1 Å². The lowest BCUT2D eigenvalue weighted by Crippen LogP contribution is -2.24. The highest BCUT2D eigenvalue weighted by atomic mass is 79.9. The number of hydrogen-bond acceptors (Lipinski definition) is 3. The largest absolute Gasteiger partial charge is 0.352 e. The molecule has 0 saturated heterocycles. The summed E-state index contributed by atoms with van der Waals surface area (Å²) in [5.74, 6) is -0.241. The Hall–Kier alpha value is -0.880. The number of rotatable bonds is 6. The van der Waals surface area contributed by atoms with E-state index >= 15 is 0 Å². The number of unbranched alkanes of at least 4 members (excludes halogenated alkanes) is 1. The molecule has 0 bridgehead atoms. The van der Waals surface area contributed by atoms with Gasteiger partial charge in [0.05, 0.1) is 4.90 Å². The number of hydrogen-bond donors (Lipinski definition) is 1. The molecule has 0 unspecified atom stereocenters. The molecule has 0 aliphatic heterocycles. The van der Waals surface area contributed by atoms with Crippen molar-refractivity contribution in [3.63, 3.8) is 0 Å². The summed E-state index contributed by atoms with van der Waals surface area (Å²) < 4.78 is 22.7. The van der Waals surface area contributed by atoms with E-state index in [2.05, 4.69) is 21.2 Å². The first-order valence-electron chi connectivity index (χ1n) is 5.59. The predicted octanol–water partition coefficient (Wildman–Crippen LogP) is 2.00. The molecule has 0 radical (unpaired) electrons. The first-order valence-corrected chi connectivity index (χ1v) is 8.60. The molecule has 0 fully saturated rings. The maximum Gasteiger partial charge on any atom is 0.251 e. The minimum Gasteiger partial charge on any atom is -0.352 e. The molecule has 1 N–H and O–H groups in total. The lowest BCUT2D eigenvalue weighted by molar-refractivity contribution is 0.0953. The third-order valence-electron chi connectivity index (χ3n) is 2.37. The topological polar surface area (TPSA) is 63.2 Å². The van der Waals surface area contributed by atoms with Crippen LogP contribution in [0.3, 0.4) is 0 Å². The number of benzene rings is 1. The van der Waals surface area contributed by atoms with Crippen molar-refractivity contribution in [2.75, 3.05) is 18.1 Å². The van der Waals surface area contributed by atoms with Crippen LogP contribution in [-0.2, 0) is 9.84 Å². The first kappa shape index (κ1) is 15.2. The van der Waals surface area contributed by atoms with Crippen LogP contribution in [0.4, 0.5) is 0 Å². The Morgan fingerprint density at radius 1 is 1.33 bits per heavy atom. The van der Waals surface area contributed by atoms with Gasteiger partial charge in [-0.05, 0) is 31.0 Å². The van der Waals surface area contributed by atoms with Crippen LogP contribution in [-0.4, -0.2) is 32.5 Å². The van der Waals surface area contributed by atoms with Gasteiger partial charge in [0.2, 0.25) is 0 Å². The third-order valence-corrected chi connectivity index (χ3v) is 4.04. The minimum absolute atomic E-state index is 0.163. The number of carbonyl (C=O) groups excluding carboxylic acids is 1. The Bertz CT molecular complexity index is 514. The Labute approximate surface area is 116 Å². The van der Waals surface area contributed by atoms with Crippen molar-refractivity contribution in [2.45, 2.75) is 17.7 Å². The van der Waals surface area contributed by atoms with E-state index < -0.39 is 9.84 Å². The number of halogens is 1. The van der Waals surface area contributed by atoms with E-state index in [9.17, 15) is 13.2 Å². The minimum atomic E-state index is -3.27. The number of carbonyl (C=O) groups is 1. The van der Waals surface area contributed by atoms with Crippen molar-refractivity contribution >= 4 is 31.7 Å². The average Bonchev–Trinajstić information content (AvgIpc) is 2.33. The van der Waals surface area contributed by atoms with Crippen LogP contribution in [0.25, 0.3) is 0 Å². The standard InChI is InChI=1S/C12H16BrNO3S/c1-18(16,17)11-6-4-5-10(9-11)12(15)14-8-3-2-7-13/h4-6,9H,2-3,7-8H2,1H3,(H,14,15). The van der Waals surface area contributed by atoms with Gasteiger partial charge in [-0.1, -0.05) is 22.0 Å². The van der Waals surface area contributed by atoms with Crippen molar-refractivity contribution in [2.24, 2.45) is 0 Å². The SMILES string of the molecule is CS(=O)(=O)c1cccc(C(=O)NCCCCBr)c1. The van der Waals surface area contributed by atoms with Gasteiger partial charge >= 0.3 is 0 Å². The van der Waals surface area contributed by atoms with Gasteiger partial charge in [0.15, 0.2) is 9.84 Å². The fraction of sp³-hybridized carbons (Fsp3) is 0.417. The molecule has 0 saturated carbocycles. The summed E-state index contributed by atoms with van der Waals surface area (Å²) in [6, 6.07) is 6.06. The van der Waals surface area contributed by atoms with E-state index in [1.165, 1.54) is 12.1 Å². The zero-order valence-electron chi connectivity index (χ0n) is 10.1. The van der Waals surface area contributed by atoms with Crippen molar-refractivity contribution < 1.29 is 13.2 Å². The Balaban J connectivity index is 2.69. The van der Waals surface area contributed by atoms with Crippen LogP contribution >= 0.6 is 15.9 Å². The highest BCUT2D eigenvalue weighted by Gasteiger charge is 2.10. The third kappa shape index (κ3) is 4.78. The molecule has 0 aliphatic rings. The van der Waals surface area contributed by atoms with Gasteiger partial charge in [0.25, 0.3) is 5.91 Å². The molecule has 100 valence electrons.